The van der Waals surface area contributed by atoms with E-state index in [0.29, 0.717) is 11.7 Å². The molecule has 0 saturated carbocycles. The molecule has 2 heterocycles. The molecule has 0 aliphatic carbocycles. The molecule has 1 saturated heterocycles. The van der Waals surface area contributed by atoms with Crippen LogP contribution in [0.1, 0.15) is 17.3 Å². The number of carbonyl (C=O) groups excluding carboxylic acids is 2. The third kappa shape index (κ3) is 4.93. The van der Waals surface area contributed by atoms with Crippen molar-refractivity contribution in [3.63, 3.8) is 0 Å². The van der Waals surface area contributed by atoms with Gasteiger partial charge in [0.05, 0.1) is 12.2 Å². The third-order valence-electron chi connectivity index (χ3n) is 5.20. The SMILES string of the molecule is CC(=O)c1ccc(N2CCN(CC(=O)Nc3nc(-c4ccccc4)cs3)CC2)cc1. The standard InChI is InChI=1S/C23H24N4O2S/c1-17(28)18-7-9-20(10-8-18)27-13-11-26(12-14-27)15-22(29)25-23-24-21(16-30-23)19-5-3-2-4-6-19/h2-10,16H,11-15H2,1H3,(H,24,25,29). The van der Waals surface area contributed by atoms with Crippen molar-refractivity contribution < 1.29 is 9.59 Å². The number of hydrogen-bond donors (Lipinski definition) is 1. The van der Waals surface area contributed by atoms with E-state index in [9.17, 15) is 9.59 Å². The Labute approximate surface area is 180 Å². The van der Waals surface area contributed by atoms with Crippen LogP contribution in [0.3, 0.4) is 0 Å². The van der Waals surface area contributed by atoms with Crippen LogP contribution in [0.15, 0.2) is 60.0 Å². The predicted octanol–water partition coefficient (Wildman–Crippen LogP) is 3.77. The second-order valence-corrected chi connectivity index (χ2v) is 8.18. The Balaban J connectivity index is 1.26. The Morgan fingerprint density at radius 3 is 2.37 bits per heavy atom. The highest BCUT2D eigenvalue weighted by molar-refractivity contribution is 7.14. The van der Waals surface area contributed by atoms with Gasteiger partial charge in [0.15, 0.2) is 10.9 Å². The fourth-order valence-corrected chi connectivity index (χ4v) is 4.24. The van der Waals surface area contributed by atoms with Crippen LogP contribution in [-0.4, -0.2) is 54.3 Å². The molecule has 1 N–H and O–H groups in total. The molecule has 0 atom stereocenters. The van der Waals surface area contributed by atoms with Crippen LogP contribution in [0.25, 0.3) is 11.3 Å². The molecular weight excluding hydrogens is 396 g/mol. The summed E-state index contributed by atoms with van der Waals surface area (Å²) in [5.41, 5.74) is 3.76. The molecule has 1 aliphatic heterocycles. The Morgan fingerprint density at radius 1 is 1.00 bits per heavy atom. The van der Waals surface area contributed by atoms with Crippen molar-refractivity contribution in [3.05, 3.63) is 65.5 Å². The van der Waals surface area contributed by atoms with Gasteiger partial charge in [0, 0.05) is 48.4 Å². The van der Waals surface area contributed by atoms with Crippen LogP contribution in [0.5, 0.6) is 0 Å². The Kier molecular flexibility index (Phi) is 6.21. The van der Waals surface area contributed by atoms with E-state index < -0.39 is 0 Å². The second-order valence-electron chi connectivity index (χ2n) is 7.32. The zero-order chi connectivity index (χ0) is 20.9. The molecule has 2 aromatic carbocycles. The van der Waals surface area contributed by atoms with E-state index in [1.807, 2.05) is 60.0 Å². The summed E-state index contributed by atoms with van der Waals surface area (Å²) in [5, 5.41) is 5.51. The molecule has 1 amide bonds. The molecule has 0 spiro atoms. The summed E-state index contributed by atoms with van der Waals surface area (Å²) in [6.07, 6.45) is 0. The average Bonchev–Trinajstić information content (AvgIpc) is 3.23. The van der Waals surface area contributed by atoms with Crippen molar-refractivity contribution in [1.82, 2.24) is 9.88 Å². The molecule has 4 rings (SSSR count). The van der Waals surface area contributed by atoms with E-state index in [1.165, 1.54) is 11.3 Å². The minimum Gasteiger partial charge on any atom is -0.369 e. The predicted molar refractivity (Wildman–Crippen MR) is 121 cm³/mol. The molecule has 1 aromatic heterocycles. The lowest BCUT2D eigenvalue weighted by molar-refractivity contribution is -0.117. The molecule has 154 valence electrons. The Bertz CT molecular complexity index is 1010. The van der Waals surface area contributed by atoms with Crippen LogP contribution in [0.4, 0.5) is 10.8 Å². The largest absolute Gasteiger partial charge is 0.369 e. The number of Topliss-reactive ketones (excluding diaryl/α,β-unsaturated/α-hetero) is 1. The Hall–Kier alpha value is -3.03. The zero-order valence-corrected chi connectivity index (χ0v) is 17.7. The van der Waals surface area contributed by atoms with Gasteiger partial charge in [0.2, 0.25) is 5.91 Å². The summed E-state index contributed by atoms with van der Waals surface area (Å²) in [6, 6.07) is 17.7. The Morgan fingerprint density at radius 2 is 1.70 bits per heavy atom. The number of ketones is 1. The van der Waals surface area contributed by atoms with E-state index in [-0.39, 0.29) is 11.7 Å². The highest BCUT2D eigenvalue weighted by Crippen LogP contribution is 2.24. The van der Waals surface area contributed by atoms with E-state index in [4.69, 9.17) is 0 Å². The molecule has 6 nitrogen and oxygen atoms in total. The van der Waals surface area contributed by atoms with Crippen LogP contribution in [0, 0.1) is 0 Å². The number of amides is 1. The fourth-order valence-electron chi connectivity index (χ4n) is 3.51. The van der Waals surface area contributed by atoms with Gasteiger partial charge < -0.3 is 10.2 Å². The van der Waals surface area contributed by atoms with Gasteiger partial charge in [0.1, 0.15) is 0 Å². The van der Waals surface area contributed by atoms with Crippen molar-refractivity contribution in [3.8, 4) is 11.3 Å². The topological polar surface area (TPSA) is 65.5 Å². The maximum Gasteiger partial charge on any atom is 0.240 e. The molecule has 3 aromatic rings. The number of thiazole rings is 1. The van der Waals surface area contributed by atoms with E-state index in [2.05, 4.69) is 20.1 Å². The van der Waals surface area contributed by atoms with Gasteiger partial charge >= 0.3 is 0 Å². The number of carbonyl (C=O) groups is 2. The van der Waals surface area contributed by atoms with Crippen molar-refractivity contribution >= 4 is 33.8 Å². The summed E-state index contributed by atoms with van der Waals surface area (Å²) in [7, 11) is 0. The number of aromatic nitrogens is 1. The van der Waals surface area contributed by atoms with Gasteiger partial charge in [-0.2, -0.15) is 0 Å². The van der Waals surface area contributed by atoms with Crippen LogP contribution in [-0.2, 0) is 4.79 Å². The van der Waals surface area contributed by atoms with Gasteiger partial charge in [-0.25, -0.2) is 4.98 Å². The number of rotatable bonds is 6. The van der Waals surface area contributed by atoms with E-state index in [1.54, 1.807) is 6.92 Å². The maximum absolute atomic E-state index is 12.4. The summed E-state index contributed by atoms with van der Waals surface area (Å²) < 4.78 is 0. The first-order valence-corrected chi connectivity index (χ1v) is 10.9. The van der Waals surface area contributed by atoms with E-state index >= 15 is 0 Å². The van der Waals surface area contributed by atoms with Gasteiger partial charge in [-0.3, -0.25) is 14.5 Å². The minimum atomic E-state index is -0.0387. The first-order chi connectivity index (χ1) is 14.6. The normalized spacial score (nSPS) is 14.5. The van der Waals surface area contributed by atoms with E-state index in [0.717, 1.165) is 48.7 Å². The van der Waals surface area contributed by atoms with Crippen LogP contribution < -0.4 is 10.2 Å². The van der Waals surface area contributed by atoms with Crippen molar-refractivity contribution in [2.75, 3.05) is 42.9 Å². The lowest BCUT2D eigenvalue weighted by atomic mass is 10.1. The molecule has 30 heavy (non-hydrogen) atoms. The number of nitrogens with one attached hydrogen (secondary N) is 1. The zero-order valence-electron chi connectivity index (χ0n) is 16.9. The minimum absolute atomic E-state index is 0.0387. The maximum atomic E-state index is 12.4. The fraction of sp³-hybridized carbons (Fsp3) is 0.261. The summed E-state index contributed by atoms with van der Waals surface area (Å²) >= 11 is 1.44. The van der Waals surface area contributed by atoms with Gasteiger partial charge in [-0.1, -0.05) is 30.3 Å². The molecular formula is C23H24N4O2S. The van der Waals surface area contributed by atoms with Crippen molar-refractivity contribution in [2.45, 2.75) is 6.92 Å². The monoisotopic (exact) mass is 420 g/mol. The van der Waals surface area contributed by atoms with Crippen molar-refractivity contribution in [2.24, 2.45) is 0 Å². The van der Waals surface area contributed by atoms with Crippen LogP contribution >= 0.6 is 11.3 Å². The number of anilines is 2. The van der Waals surface area contributed by atoms with Crippen LogP contribution in [0.2, 0.25) is 0 Å². The summed E-state index contributed by atoms with van der Waals surface area (Å²) in [6.45, 7) is 5.26. The highest BCUT2D eigenvalue weighted by Gasteiger charge is 2.20. The molecule has 7 heteroatoms. The van der Waals surface area contributed by atoms with Gasteiger partial charge in [-0.05, 0) is 31.2 Å². The first-order valence-electron chi connectivity index (χ1n) is 9.97. The number of benzene rings is 2. The highest BCUT2D eigenvalue weighted by atomic mass is 32.1. The lowest BCUT2D eigenvalue weighted by Gasteiger charge is -2.35. The lowest BCUT2D eigenvalue weighted by Crippen LogP contribution is -2.48. The molecule has 0 bridgehead atoms. The average molecular weight is 421 g/mol. The quantitative estimate of drug-likeness (QED) is 0.615. The van der Waals surface area contributed by atoms with Crippen molar-refractivity contribution in [1.29, 1.82) is 0 Å². The summed E-state index contributed by atoms with van der Waals surface area (Å²) in [5.74, 6) is 0.0386. The first kappa shape index (κ1) is 20.3. The van der Waals surface area contributed by atoms with Gasteiger partial charge in [0.25, 0.3) is 0 Å². The second kappa shape index (κ2) is 9.19. The molecule has 1 fully saturated rings. The molecule has 0 radical (unpaired) electrons. The van der Waals surface area contributed by atoms with Gasteiger partial charge in [-0.15, -0.1) is 11.3 Å². The number of nitrogens with zero attached hydrogens (tertiary/aromatic N) is 3. The third-order valence-corrected chi connectivity index (χ3v) is 5.96. The molecule has 0 unspecified atom stereocenters. The molecule has 1 aliphatic rings. The smallest absolute Gasteiger partial charge is 0.240 e. The number of hydrogen-bond acceptors (Lipinski definition) is 6. The number of piperazine rings is 1. The summed E-state index contributed by atoms with van der Waals surface area (Å²) in [4.78, 5) is 32.8.